The van der Waals surface area contributed by atoms with Crippen molar-refractivity contribution in [3.05, 3.63) is 29.3 Å². The molecule has 0 aliphatic heterocycles. The summed E-state index contributed by atoms with van der Waals surface area (Å²) in [7, 11) is 0. The molecule has 0 spiro atoms. The summed E-state index contributed by atoms with van der Waals surface area (Å²) in [6.45, 7) is 5.94. The molecule has 0 radical (unpaired) electrons. The molecular formula is C13H20N2O. The Hall–Kier alpha value is -1.35. The minimum Gasteiger partial charge on any atom is -0.328 e. The summed E-state index contributed by atoms with van der Waals surface area (Å²) in [5, 5.41) is 2.88. The lowest BCUT2D eigenvalue weighted by atomic mass is 10.1. The number of amides is 1. The van der Waals surface area contributed by atoms with Crippen LogP contribution in [0.2, 0.25) is 0 Å². The quantitative estimate of drug-likeness (QED) is 0.818. The highest BCUT2D eigenvalue weighted by molar-refractivity contribution is 5.90. The fourth-order valence-electron chi connectivity index (χ4n) is 1.63. The first-order valence-electron chi connectivity index (χ1n) is 5.61. The highest BCUT2D eigenvalue weighted by Crippen LogP contribution is 2.14. The van der Waals surface area contributed by atoms with Crippen molar-refractivity contribution in [2.75, 3.05) is 5.32 Å². The monoisotopic (exact) mass is 220 g/mol. The molecule has 1 aromatic carbocycles. The number of hydrogen-bond acceptors (Lipinski definition) is 2. The zero-order valence-corrected chi connectivity index (χ0v) is 10.2. The Morgan fingerprint density at radius 3 is 2.38 bits per heavy atom. The van der Waals surface area contributed by atoms with Crippen molar-refractivity contribution in [2.45, 2.75) is 39.7 Å². The second kappa shape index (κ2) is 5.66. The van der Waals surface area contributed by atoms with E-state index in [1.165, 1.54) is 0 Å². The summed E-state index contributed by atoms with van der Waals surface area (Å²) < 4.78 is 0. The normalized spacial score (nSPS) is 12.2. The molecule has 0 saturated heterocycles. The van der Waals surface area contributed by atoms with Crippen molar-refractivity contribution < 1.29 is 4.79 Å². The van der Waals surface area contributed by atoms with Gasteiger partial charge in [-0.2, -0.15) is 0 Å². The molecule has 0 heterocycles. The van der Waals surface area contributed by atoms with Gasteiger partial charge in [0.25, 0.3) is 0 Å². The van der Waals surface area contributed by atoms with Crippen LogP contribution in [0.25, 0.3) is 0 Å². The van der Waals surface area contributed by atoms with E-state index in [2.05, 4.69) is 11.4 Å². The van der Waals surface area contributed by atoms with Gasteiger partial charge in [-0.3, -0.25) is 4.79 Å². The van der Waals surface area contributed by atoms with Crippen LogP contribution in [-0.2, 0) is 4.79 Å². The molecule has 88 valence electrons. The lowest BCUT2D eigenvalue weighted by molar-refractivity contribution is -0.116. The lowest BCUT2D eigenvalue weighted by Crippen LogP contribution is -2.19. The maximum atomic E-state index is 11.6. The van der Waals surface area contributed by atoms with Crippen molar-refractivity contribution in [3.8, 4) is 0 Å². The van der Waals surface area contributed by atoms with E-state index in [1.807, 2.05) is 32.9 Å². The number of anilines is 1. The highest BCUT2D eigenvalue weighted by Gasteiger charge is 2.04. The van der Waals surface area contributed by atoms with Crippen LogP contribution in [-0.4, -0.2) is 11.9 Å². The van der Waals surface area contributed by atoms with Gasteiger partial charge in [-0.25, -0.2) is 0 Å². The molecule has 1 rings (SSSR count). The first kappa shape index (κ1) is 12.7. The molecule has 0 aliphatic carbocycles. The number of aryl methyl sites for hydroxylation is 2. The number of benzene rings is 1. The molecule has 1 aromatic rings. The molecule has 3 N–H and O–H groups in total. The molecule has 1 atom stereocenters. The Labute approximate surface area is 97.0 Å². The van der Waals surface area contributed by atoms with Gasteiger partial charge in [-0.1, -0.05) is 6.07 Å². The van der Waals surface area contributed by atoms with Crippen LogP contribution in [0.1, 0.15) is 30.9 Å². The van der Waals surface area contributed by atoms with Crippen molar-refractivity contribution in [1.82, 2.24) is 0 Å². The fraction of sp³-hybridized carbons (Fsp3) is 0.462. The number of nitrogens with one attached hydrogen (secondary N) is 1. The lowest BCUT2D eigenvalue weighted by Gasteiger charge is -2.08. The fourth-order valence-corrected chi connectivity index (χ4v) is 1.63. The predicted molar refractivity (Wildman–Crippen MR) is 67.4 cm³/mol. The molecule has 3 heteroatoms. The van der Waals surface area contributed by atoms with Crippen molar-refractivity contribution >= 4 is 11.6 Å². The molecule has 1 unspecified atom stereocenters. The van der Waals surface area contributed by atoms with E-state index in [9.17, 15) is 4.79 Å². The van der Waals surface area contributed by atoms with Crippen molar-refractivity contribution in [2.24, 2.45) is 5.73 Å². The summed E-state index contributed by atoms with van der Waals surface area (Å²) in [5.41, 5.74) is 8.78. The van der Waals surface area contributed by atoms with Crippen LogP contribution in [0.5, 0.6) is 0 Å². The Kier molecular flexibility index (Phi) is 4.50. The van der Waals surface area contributed by atoms with Crippen LogP contribution in [0.15, 0.2) is 18.2 Å². The summed E-state index contributed by atoms with van der Waals surface area (Å²) >= 11 is 0. The average molecular weight is 220 g/mol. The number of nitrogens with two attached hydrogens (primary N) is 1. The van der Waals surface area contributed by atoms with E-state index in [-0.39, 0.29) is 11.9 Å². The molecule has 3 nitrogen and oxygen atoms in total. The first-order valence-corrected chi connectivity index (χ1v) is 5.61. The van der Waals surface area contributed by atoms with Gasteiger partial charge >= 0.3 is 0 Å². The third-order valence-corrected chi connectivity index (χ3v) is 2.33. The van der Waals surface area contributed by atoms with Crippen molar-refractivity contribution in [3.63, 3.8) is 0 Å². The van der Waals surface area contributed by atoms with Crippen LogP contribution in [0.3, 0.4) is 0 Å². The topological polar surface area (TPSA) is 55.1 Å². The molecule has 0 fully saturated rings. The van der Waals surface area contributed by atoms with Gasteiger partial charge in [0, 0.05) is 18.2 Å². The minimum atomic E-state index is 0.0299. The molecule has 0 bridgehead atoms. The van der Waals surface area contributed by atoms with Gasteiger partial charge in [0.05, 0.1) is 0 Å². The van der Waals surface area contributed by atoms with Gasteiger partial charge in [0.1, 0.15) is 0 Å². The smallest absolute Gasteiger partial charge is 0.224 e. The third kappa shape index (κ3) is 4.45. The molecule has 16 heavy (non-hydrogen) atoms. The minimum absolute atomic E-state index is 0.0299. The van der Waals surface area contributed by atoms with E-state index in [1.54, 1.807) is 0 Å². The zero-order valence-electron chi connectivity index (χ0n) is 10.2. The Morgan fingerprint density at radius 1 is 1.31 bits per heavy atom. The SMILES string of the molecule is Cc1cc(C)cc(NC(=O)CCC(C)N)c1. The summed E-state index contributed by atoms with van der Waals surface area (Å²) in [6.07, 6.45) is 1.20. The third-order valence-electron chi connectivity index (χ3n) is 2.33. The van der Waals surface area contributed by atoms with Crippen molar-refractivity contribution in [1.29, 1.82) is 0 Å². The average Bonchev–Trinajstić information content (AvgIpc) is 2.12. The Bertz CT molecular complexity index is 352. The number of carbonyl (C=O) groups is 1. The summed E-state index contributed by atoms with van der Waals surface area (Å²) in [4.78, 5) is 11.6. The molecule has 1 amide bonds. The zero-order chi connectivity index (χ0) is 12.1. The largest absolute Gasteiger partial charge is 0.328 e. The highest BCUT2D eigenvalue weighted by atomic mass is 16.1. The van der Waals surface area contributed by atoms with E-state index < -0.39 is 0 Å². The number of hydrogen-bond donors (Lipinski definition) is 2. The maximum absolute atomic E-state index is 11.6. The van der Waals surface area contributed by atoms with E-state index >= 15 is 0 Å². The maximum Gasteiger partial charge on any atom is 0.224 e. The Balaban J connectivity index is 2.56. The summed E-state index contributed by atoms with van der Waals surface area (Å²) in [5.74, 6) is 0.0299. The first-order chi connectivity index (χ1) is 7.47. The van der Waals surface area contributed by atoms with Gasteiger partial charge in [0.15, 0.2) is 0 Å². The van der Waals surface area contributed by atoms with Crippen LogP contribution >= 0.6 is 0 Å². The van der Waals surface area contributed by atoms with E-state index in [0.29, 0.717) is 6.42 Å². The molecule has 0 saturated carbocycles. The standard InChI is InChI=1S/C13H20N2O/c1-9-6-10(2)8-12(7-9)15-13(16)5-4-11(3)14/h6-8,11H,4-5,14H2,1-3H3,(H,15,16). The van der Waals surface area contributed by atoms with E-state index in [0.717, 1.165) is 23.2 Å². The van der Waals surface area contributed by atoms with E-state index in [4.69, 9.17) is 5.73 Å². The van der Waals surface area contributed by atoms with Gasteiger partial charge < -0.3 is 11.1 Å². The second-order valence-electron chi connectivity index (χ2n) is 4.44. The van der Waals surface area contributed by atoms with Gasteiger partial charge in [0.2, 0.25) is 5.91 Å². The number of rotatable bonds is 4. The molecule has 0 aromatic heterocycles. The number of carbonyl (C=O) groups excluding carboxylic acids is 1. The molecule has 0 aliphatic rings. The van der Waals surface area contributed by atoms with Crippen LogP contribution in [0, 0.1) is 13.8 Å². The predicted octanol–water partition coefficient (Wildman–Crippen LogP) is 2.37. The molecular weight excluding hydrogens is 200 g/mol. The van der Waals surface area contributed by atoms with Gasteiger partial charge in [-0.15, -0.1) is 0 Å². The Morgan fingerprint density at radius 2 is 1.88 bits per heavy atom. The van der Waals surface area contributed by atoms with Crippen LogP contribution in [0.4, 0.5) is 5.69 Å². The van der Waals surface area contributed by atoms with Gasteiger partial charge in [-0.05, 0) is 50.5 Å². The summed E-state index contributed by atoms with van der Waals surface area (Å²) in [6, 6.07) is 6.09. The second-order valence-corrected chi connectivity index (χ2v) is 4.44. The van der Waals surface area contributed by atoms with Crippen LogP contribution < -0.4 is 11.1 Å².